The Morgan fingerprint density at radius 3 is 2.65 bits per heavy atom. The van der Waals surface area contributed by atoms with Gasteiger partial charge in [-0.25, -0.2) is 8.42 Å². The Bertz CT molecular complexity index is 314. The molecule has 4 nitrogen and oxygen atoms in total. The molecule has 0 amide bonds. The molecule has 1 aliphatic heterocycles. The predicted octanol–water partition coefficient (Wildman–Crippen LogP) is 1.01. The van der Waals surface area contributed by atoms with Gasteiger partial charge >= 0.3 is 0 Å². The lowest BCUT2D eigenvalue weighted by atomic mass is 9.97. The van der Waals surface area contributed by atoms with Crippen molar-refractivity contribution in [3.63, 3.8) is 0 Å². The first-order valence-electron chi connectivity index (χ1n) is 6.66. The van der Waals surface area contributed by atoms with Crippen LogP contribution in [0.5, 0.6) is 0 Å². The molecule has 0 aromatic carbocycles. The first-order chi connectivity index (χ1) is 7.96. The number of rotatable bonds is 6. The van der Waals surface area contributed by atoms with Crippen molar-refractivity contribution in [2.24, 2.45) is 5.73 Å². The van der Waals surface area contributed by atoms with Crippen LogP contribution in [0.3, 0.4) is 0 Å². The lowest BCUT2D eigenvalue weighted by Gasteiger charge is -2.37. The number of piperidine rings is 1. The molecular formula is C12H26N2O2S. The zero-order chi connectivity index (χ0) is 12.9. The van der Waals surface area contributed by atoms with Gasteiger partial charge in [0.2, 0.25) is 0 Å². The van der Waals surface area contributed by atoms with Crippen molar-refractivity contribution in [3.05, 3.63) is 0 Å². The molecule has 0 aromatic heterocycles. The van der Waals surface area contributed by atoms with Crippen molar-refractivity contribution in [2.75, 3.05) is 24.6 Å². The summed E-state index contributed by atoms with van der Waals surface area (Å²) in [6.45, 7) is 5.56. The van der Waals surface area contributed by atoms with Gasteiger partial charge in [-0.2, -0.15) is 0 Å². The predicted molar refractivity (Wildman–Crippen MR) is 71.8 cm³/mol. The highest BCUT2D eigenvalue weighted by Gasteiger charge is 2.26. The Morgan fingerprint density at radius 1 is 1.35 bits per heavy atom. The van der Waals surface area contributed by atoms with Gasteiger partial charge in [0.25, 0.3) is 0 Å². The van der Waals surface area contributed by atoms with Gasteiger partial charge in [-0.1, -0.05) is 13.3 Å². The van der Waals surface area contributed by atoms with Gasteiger partial charge in [-0.05, 0) is 32.7 Å². The number of nitrogens with zero attached hydrogens (tertiary/aromatic N) is 1. The molecule has 0 bridgehead atoms. The second-order valence-corrected chi connectivity index (χ2v) is 7.41. The maximum atomic E-state index is 11.7. The molecule has 1 fully saturated rings. The third kappa shape index (κ3) is 4.94. The fraction of sp³-hybridized carbons (Fsp3) is 1.00. The number of sulfone groups is 1. The Balaban J connectivity index is 2.48. The van der Waals surface area contributed by atoms with Crippen molar-refractivity contribution in [1.29, 1.82) is 0 Å². The summed E-state index contributed by atoms with van der Waals surface area (Å²) in [7, 11) is -2.86. The molecule has 0 aromatic rings. The third-order valence-electron chi connectivity index (χ3n) is 3.48. The number of hydrogen-bond donors (Lipinski definition) is 1. The van der Waals surface area contributed by atoms with E-state index < -0.39 is 9.84 Å². The molecule has 0 aliphatic carbocycles. The average molecular weight is 262 g/mol. The van der Waals surface area contributed by atoms with Gasteiger partial charge < -0.3 is 5.73 Å². The van der Waals surface area contributed by atoms with Crippen LogP contribution in [0.2, 0.25) is 0 Å². The van der Waals surface area contributed by atoms with E-state index >= 15 is 0 Å². The highest BCUT2D eigenvalue weighted by Crippen LogP contribution is 2.18. The Labute approximate surface area is 105 Å². The van der Waals surface area contributed by atoms with Crippen LogP contribution in [0.25, 0.3) is 0 Å². The summed E-state index contributed by atoms with van der Waals surface area (Å²) in [5.74, 6) is 0.591. The molecule has 0 radical (unpaired) electrons. The molecule has 1 aliphatic rings. The molecule has 2 atom stereocenters. The molecular weight excluding hydrogens is 236 g/mol. The molecule has 17 heavy (non-hydrogen) atoms. The molecule has 1 heterocycles. The molecule has 0 saturated carbocycles. The summed E-state index contributed by atoms with van der Waals surface area (Å²) in [6, 6.07) is 0.491. The summed E-state index contributed by atoms with van der Waals surface area (Å²) >= 11 is 0. The summed E-state index contributed by atoms with van der Waals surface area (Å²) in [4.78, 5) is 2.27. The van der Waals surface area contributed by atoms with Gasteiger partial charge in [-0.15, -0.1) is 0 Å². The Hall–Kier alpha value is -0.130. The normalized spacial score (nSPS) is 24.8. The zero-order valence-corrected chi connectivity index (χ0v) is 11.9. The zero-order valence-electron chi connectivity index (χ0n) is 11.1. The smallest absolute Gasteiger partial charge is 0.151 e. The monoisotopic (exact) mass is 262 g/mol. The van der Waals surface area contributed by atoms with Crippen LogP contribution in [0.1, 0.15) is 39.5 Å². The SMILES string of the molecule is CCCS(=O)(=O)CCN1CCCCC1C(C)N. The fourth-order valence-corrected chi connectivity index (χ4v) is 3.90. The van der Waals surface area contributed by atoms with E-state index in [2.05, 4.69) is 4.90 Å². The Morgan fingerprint density at radius 2 is 2.06 bits per heavy atom. The average Bonchev–Trinajstić information content (AvgIpc) is 2.27. The number of nitrogens with two attached hydrogens (primary N) is 1. The minimum absolute atomic E-state index is 0.129. The van der Waals surface area contributed by atoms with Crippen LogP contribution in [0.15, 0.2) is 0 Å². The van der Waals surface area contributed by atoms with Crippen LogP contribution in [0, 0.1) is 0 Å². The maximum Gasteiger partial charge on any atom is 0.151 e. The topological polar surface area (TPSA) is 63.4 Å². The minimum Gasteiger partial charge on any atom is -0.327 e. The second-order valence-electron chi connectivity index (χ2n) is 5.11. The number of likely N-dealkylation sites (tertiary alicyclic amines) is 1. The minimum atomic E-state index is -2.86. The molecule has 2 N–H and O–H groups in total. The molecule has 1 saturated heterocycles. The van der Waals surface area contributed by atoms with Crippen LogP contribution >= 0.6 is 0 Å². The van der Waals surface area contributed by atoms with E-state index in [1.807, 2.05) is 13.8 Å². The van der Waals surface area contributed by atoms with Crippen molar-refractivity contribution in [2.45, 2.75) is 51.6 Å². The van der Waals surface area contributed by atoms with Gasteiger partial charge in [0, 0.05) is 24.4 Å². The van der Waals surface area contributed by atoms with Crippen molar-refractivity contribution < 1.29 is 8.42 Å². The van der Waals surface area contributed by atoms with E-state index in [-0.39, 0.29) is 11.8 Å². The van der Waals surface area contributed by atoms with E-state index in [9.17, 15) is 8.42 Å². The van der Waals surface area contributed by atoms with Crippen molar-refractivity contribution in [1.82, 2.24) is 4.90 Å². The largest absolute Gasteiger partial charge is 0.327 e. The van der Waals surface area contributed by atoms with Gasteiger partial charge in [-0.3, -0.25) is 4.90 Å². The molecule has 1 rings (SSSR count). The van der Waals surface area contributed by atoms with Crippen LogP contribution < -0.4 is 5.73 Å². The first-order valence-corrected chi connectivity index (χ1v) is 8.48. The van der Waals surface area contributed by atoms with Crippen LogP contribution in [0.4, 0.5) is 0 Å². The lowest BCUT2D eigenvalue weighted by molar-refractivity contribution is 0.139. The summed E-state index contributed by atoms with van der Waals surface area (Å²) < 4.78 is 23.4. The molecule has 2 unspecified atom stereocenters. The van der Waals surface area contributed by atoms with E-state index in [1.54, 1.807) is 0 Å². The number of hydrogen-bond acceptors (Lipinski definition) is 4. The lowest BCUT2D eigenvalue weighted by Crippen LogP contribution is -2.50. The van der Waals surface area contributed by atoms with Crippen molar-refractivity contribution >= 4 is 9.84 Å². The first kappa shape index (κ1) is 14.9. The van der Waals surface area contributed by atoms with Crippen LogP contribution in [-0.2, 0) is 9.84 Å². The van der Waals surface area contributed by atoms with E-state index in [0.717, 1.165) is 19.4 Å². The molecule has 102 valence electrons. The Kier molecular flexibility index (Phi) is 5.89. The van der Waals surface area contributed by atoms with Gasteiger partial charge in [0.05, 0.1) is 5.75 Å². The van der Waals surface area contributed by atoms with Gasteiger partial charge in [0.1, 0.15) is 0 Å². The quantitative estimate of drug-likeness (QED) is 0.776. The second kappa shape index (κ2) is 6.71. The molecule has 0 spiro atoms. The van der Waals surface area contributed by atoms with E-state index in [1.165, 1.54) is 6.42 Å². The standard InChI is InChI=1S/C12H26N2O2S/c1-3-9-17(15,16)10-8-14-7-5-4-6-12(14)11(2)13/h11-12H,3-10,13H2,1-2H3. The summed E-state index contributed by atoms with van der Waals surface area (Å²) in [5.41, 5.74) is 5.96. The van der Waals surface area contributed by atoms with E-state index in [4.69, 9.17) is 5.73 Å². The van der Waals surface area contributed by atoms with Crippen molar-refractivity contribution in [3.8, 4) is 0 Å². The fourth-order valence-electron chi connectivity index (χ4n) is 2.56. The third-order valence-corrected chi connectivity index (χ3v) is 5.31. The highest BCUT2D eigenvalue weighted by atomic mass is 32.2. The van der Waals surface area contributed by atoms with Gasteiger partial charge in [0.15, 0.2) is 9.84 Å². The maximum absolute atomic E-state index is 11.7. The van der Waals surface area contributed by atoms with Crippen LogP contribution in [-0.4, -0.2) is 50.0 Å². The molecule has 5 heteroatoms. The highest BCUT2D eigenvalue weighted by molar-refractivity contribution is 7.91. The van der Waals surface area contributed by atoms with E-state index in [0.29, 0.717) is 24.8 Å². The summed E-state index contributed by atoms with van der Waals surface area (Å²) in [6.07, 6.45) is 4.19. The summed E-state index contributed by atoms with van der Waals surface area (Å²) in [5, 5.41) is 0.